The van der Waals surface area contributed by atoms with E-state index in [4.69, 9.17) is 4.74 Å². The number of benzene rings is 2. The van der Waals surface area contributed by atoms with Crippen LogP contribution in [0.4, 0.5) is 0 Å². The molecule has 0 unspecified atom stereocenters. The summed E-state index contributed by atoms with van der Waals surface area (Å²) >= 11 is 0. The zero-order valence-electron chi connectivity index (χ0n) is 17.2. The van der Waals surface area contributed by atoms with Crippen LogP contribution < -0.4 is 15.7 Å². The summed E-state index contributed by atoms with van der Waals surface area (Å²) in [5.41, 5.74) is 3.46. The number of aromatic nitrogens is 2. The van der Waals surface area contributed by atoms with Crippen LogP contribution in [0.5, 0.6) is 11.6 Å². The van der Waals surface area contributed by atoms with Crippen molar-refractivity contribution in [3.8, 4) is 22.9 Å². The smallest absolute Gasteiger partial charge is 0.291 e. The third-order valence-corrected chi connectivity index (χ3v) is 4.70. The second-order valence-corrected chi connectivity index (χ2v) is 6.82. The van der Waals surface area contributed by atoms with Crippen LogP contribution >= 0.6 is 0 Å². The van der Waals surface area contributed by atoms with Crippen LogP contribution in [-0.2, 0) is 0 Å². The van der Waals surface area contributed by atoms with E-state index in [0.717, 1.165) is 11.1 Å². The Kier molecular flexibility index (Phi) is 5.94. The number of fused-ring (bicyclic) bond motifs is 1. The Labute approximate surface area is 183 Å². The molecular formula is C24H20N4O4. The van der Waals surface area contributed by atoms with Crippen LogP contribution in [0.2, 0.25) is 0 Å². The molecule has 2 aromatic carbocycles. The molecule has 4 aromatic rings. The van der Waals surface area contributed by atoms with E-state index in [9.17, 15) is 14.7 Å². The van der Waals surface area contributed by atoms with Gasteiger partial charge in [-0.1, -0.05) is 60.7 Å². The van der Waals surface area contributed by atoms with Gasteiger partial charge in [0.2, 0.25) is 5.88 Å². The summed E-state index contributed by atoms with van der Waals surface area (Å²) in [6, 6.07) is 20.0. The first-order valence-corrected chi connectivity index (χ1v) is 9.95. The second kappa shape index (κ2) is 9.13. The van der Waals surface area contributed by atoms with E-state index in [1.165, 1.54) is 6.21 Å². The third-order valence-electron chi connectivity index (χ3n) is 4.70. The minimum Gasteiger partial charge on any atom is -0.505 e. The van der Waals surface area contributed by atoms with E-state index in [2.05, 4.69) is 20.5 Å². The number of hydrogen-bond donors (Lipinski definition) is 3. The summed E-state index contributed by atoms with van der Waals surface area (Å²) in [7, 11) is 0. The standard InChI is InChI=1S/C24H20N4O4/c1-2-32-24-19-17(13-18(26-24)16-11-7-4-8-12-16)21(29)20(27-22(19)30)23(31)28-25-14-15-9-5-3-6-10-15/h3-14,29H,2H2,1H3,(H,27,30)(H,28,31)/b25-14+. The van der Waals surface area contributed by atoms with Crippen molar-refractivity contribution in [3.63, 3.8) is 0 Å². The van der Waals surface area contributed by atoms with E-state index in [0.29, 0.717) is 5.69 Å². The number of aromatic hydroxyl groups is 1. The number of carbonyl (C=O) groups excluding carboxylic acids is 1. The number of rotatable bonds is 6. The highest BCUT2D eigenvalue weighted by Gasteiger charge is 2.21. The highest BCUT2D eigenvalue weighted by molar-refractivity contribution is 6.03. The molecule has 0 saturated heterocycles. The molecule has 0 aliphatic rings. The number of hydrogen-bond acceptors (Lipinski definition) is 6. The molecule has 2 aromatic heterocycles. The van der Waals surface area contributed by atoms with Gasteiger partial charge in [-0.15, -0.1) is 0 Å². The molecule has 0 fully saturated rings. The molecule has 2 heterocycles. The SMILES string of the molecule is CCOc1nc(-c2ccccc2)cc2c(O)c(C(=O)N/N=C/c3ccccc3)[nH]c(=O)c12. The molecule has 8 heteroatoms. The molecule has 0 atom stereocenters. The Bertz CT molecular complexity index is 1350. The Morgan fingerprint density at radius 2 is 1.84 bits per heavy atom. The van der Waals surface area contributed by atoms with Crippen molar-refractivity contribution >= 4 is 22.9 Å². The molecule has 8 nitrogen and oxygen atoms in total. The van der Waals surface area contributed by atoms with Crippen molar-refractivity contribution in [2.75, 3.05) is 6.61 Å². The van der Waals surface area contributed by atoms with Crippen LogP contribution in [0, 0.1) is 0 Å². The first kappa shape index (κ1) is 20.8. The summed E-state index contributed by atoms with van der Waals surface area (Å²) in [6.07, 6.45) is 1.46. The first-order chi connectivity index (χ1) is 15.6. The van der Waals surface area contributed by atoms with Gasteiger partial charge in [0.1, 0.15) is 5.39 Å². The Hall–Kier alpha value is -4.46. The van der Waals surface area contributed by atoms with E-state index in [1.54, 1.807) is 13.0 Å². The lowest BCUT2D eigenvalue weighted by molar-refractivity contribution is 0.0947. The number of nitrogens with one attached hydrogen (secondary N) is 2. The maximum absolute atomic E-state index is 12.8. The fourth-order valence-corrected chi connectivity index (χ4v) is 3.22. The fourth-order valence-electron chi connectivity index (χ4n) is 3.22. The van der Waals surface area contributed by atoms with Gasteiger partial charge in [0.15, 0.2) is 11.4 Å². The molecule has 0 aliphatic carbocycles. The Morgan fingerprint density at radius 3 is 2.53 bits per heavy atom. The fraction of sp³-hybridized carbons (Fsp3) is 0.0833. The summed E-state index contributed by atoms with van der Waals surface area (Å²) in [6.45, 7) is 2.04. The zero-order valence-corrected chi connectivity index (χ0v) is 17.2. The lowest BCUT2D eigenvalue weighted by Crippen LogP contribution is -2.23. The van der Waals surface area contributed by atoms with Crippen LogP contribution in [-0.4, -0.2) is 33.8 Å². The molecule has 0 aliphatic heterocycles. The Morgan fingerprint density at radius 1 is 1.16 bits per heavy atom. The average Bonchev–Trinajstić information content (AvgIpc) is 2.82. The van der Waals surface area contributed by atoms with Gasteiger partial charge in [0.05, 0.1) is 18.5 Å². The van der Waals surface area contributed by atoms with Crippen LogP contribution in [0.1, 0.15) is 23.0 Å². The molecule has 0 radical (unpaired) electrons. The molecule has 0 spiro atoms. The summed E-state index contributed by atoms with van der Waals surface area (Å²) in [4.78, 5) is 32.3. The van der Waals surface area contributed by atoms with Gasteiger partial charge >= 0.3 is 0 Å². The molecular weight excluding hydrogens is 408 g/mol. The van der Waals surface area contributed by atoms with Gasteiger partial charge in [0, 0.05) is 10.9 Å². The average molecular weight is 428 g/mol. The lowest BCUT2D eigenvalue weighted by Gasteiger charge is -2.12. The molecule has 4 rings (SSSR count). The van der Waals surface area contributed by atoms with Crippen LogP contribution in [0.15, 0.2) is 76.6 Å². The highest BCUT2D eigenvalue weighted by atomic mass is 16.5. The monoisotopic (exact) mass is 428 g/mol. The number of amides is 1. The van der Waals surface area contributed by atoms with E-state index in [1.807, 2.05) is 60.7 Å². The van der Waals surface area contributed by atoms with Crippen LogP contribution in [0.3, 0.4) is 0 Å². The summed E-state index contributed by atoms with van der Waals surface area (Å²) < 4.78 is 5.57. The van der Waals surface area contributed by atoms with E-state index < -0.39 is 17.2 Å². The zero-order chi connectivity index (χ0) is 22.5. The number of ether oxygens (including phenoxy) is 1. The largest absolute Gasteiger partial charge is 0.505 e. The quantitative estimate of drug-likeness (QED) is 0.321. The number of nitrogens with zero attached hydrogens (tertiary/aromatic N) is 2. The molecule has 32 heavy (non-hydrogen) atoms. The summed E-state index contributed by atoms with van der Waals surface area (Å²) in [5.74, 6) is -1.08. The normalized spacial score (nSPS) is 11.0. The van der Waals surface area contributed by atoms with Crippen molar-refractivity contribution in [2.45, 2.75) is 6.92 Å². The number of pyridine rings is 2. The van der Waals surface area contributed by atoms with Crippen molar-refractivity contribution in [2.24, 2.45) is 5.10 Å². The number of H-pyrrole nitrogens is 1. The predicted octanol–water partition coefficient (Wildman–Crippen LogP) is 3.46. The van der Waals surface area contributed by atoms with Crippen molar-refractivity contribution in [1.29, 1.82) is 0 Å². The van der Waals surface area contributed by atoms with E-state index in [-0.39, 0.29) is 29.0 Å². The number of aromatic amines is 1. The minimum absolute atomic E-state index is 0.0633. The maximum Gasteiger partial charge on any atom is 0.291 e. The van der Waals surface area contributed by atoms with Gasteiger partial charge < -0.3 is 14.8 Å². The number of hydrazone groups is 1. The third kappa shape index (κ3) is 4.20. The topological polar surface area (TPSA) is 117 Å². The summed E-state index contributed by atoms with van der Waals surface area (Å²) in [5, 5.41) is 15.0. The molecule has 160 valence electrons. The molecule has 0 bridgehead atoms. The lowest BCUT2D eigenvalue weighted by atomic mass is 10.1. The van der Waals surface area contributed by atoms with Gasteiger partial charge in [-0.05, 0) is 18.6 Å². The van der Waals surface area contributed by atoms with Gasteiger partial charge in [-0.25, -0.2) is 10.4 Å². The van der Waals surface area contributed by atoms with Crippen molar-refractivity contribution in [1.82, 2.24) is 15.4 Å². The molecule has 3 N–H and O–H groups in total. The minimum atomic E-state index is -0.760. The van der Waals surface area contributed by atoms with Gasteiger partial charge in [-0.2, -0.15) is 5.10 Å². The Balaban J connectivity index is 1.78. The van der Waals surface area contributed by atoms with Gasteiger partial charge in [0.25, 0.3) is 11.5 Å². The van der Waals surface area contributed by atoms with E-state index >= 15 is 0 Å². The van der Waals surface area contributed by atoms with Gasteiger partial charge in [-0.3, -0.25) is 9.59 Å². The first-order valence-electron chi connectivity index (χ1n) is 9.95. The number of carbonyl (C=O) groups is 1. The predicted molar refractivity (Wildman–Crippen MR) is 122 cm³/mol. The second-order valence-electron chi connectivity index (χ2n) is 6.82. The highest BCUT2D eigenvalue weighted by Crippen LogP contribution is 2.33. The molecule has 1 amide bonds. The van der Waals surface area contributed by atoms with Crippen molar-refractivity contribution < 1.29 is 14.6 Å². The van der Waals surface area contributed by atoms with Crippen molar-refractivity contribution in [3.05, 3.63) is 88.3 Å². The molecule has 0 saturated carbocycles. The maximum atomic E-state index is 12.8. The van der Waals surface area contributed by atoms with Crippen LogP contribution in [0.25, 0.3) is 22.0 Å².